The van der Waals surface area contributed by atoms with E-state index in [4.69, 9.17) is 13.9 Å². The molecule has 1 heterocycles. The fourth-order valence-electron chi connectivity index (χ4n) is 2.96. The predicted octanol–water partition coefficient (Wildman–Crippen LogP) is 4.93. The number of amides is 1. The quantitative estimate of drug-likeness (QED) is 0.519. The molecule has 0 aliphatic carbocycles. The third-order valence-electron chi connectivity index (χ3n) is 4.39. The standard InChI is InChI=1S/C24H25NO4/c1-3-8-19-12-13-22(23(15-19)27-2)29-18-24(26)25(17-21-11-7-14-28-21)16-20-9-5-4-6-10-20/h3-15H,16-18H2,1-2H3/b8-3+. The van der Waals surface area contributed by atoms with Crippen molar-refractivity contribution < 1.29 is 18.7 Å². The largest absolute Gasteiger partial charge is 0.493 e. The highest BCUT2D eigenvalue weighted by Gasteiger charge is 2.17. The van der Waals surface area contributed by atoms with Crippen molar-refractivity contribution in [2.75, 3.05) is 13.7 Å². The summed E-state index contributed by atoms with van der Waals surface area (Å²) in [7, 11) is 1.59. The molecule has 0 N–H and O–H groups in total. The summed E-state index contributed by atoms with van der Waals surface area (Å²) in [4.78, 5) is 14.6. The maximum atomic E-state index is 12.9. The van der Waals surface area contributed by atoms with E-state index in [9.17, 15) is 4.79 Å². The third-order valence-corrected chi connectivity index (χ3v) is 4.39. The number of methoxy groups -OCH3 is 1. The molecule has 5 heteroatoms. The van der Waals surface area contributed by atoms with Gasteiger partial charge in [0.05, 0.1) is 19.9 Å². The molecule has 1 amide bonds. The summed E-state index contributed by atoms with van der Waals surface area (Å²) in [5.74, 6) is 1.72. The minimum atomic E-state index is -0.134. The first-order valence-corrected chi connectivity index (χ1v) is 9.47. The average Bonchev–Trinajstić information content (AvgIpc) is 3.26. The van der Waals surface area contributed by atoms with Crippen LogP contribution in [0.4, 0.5) is 0 Å². The zero-order valence-electron chi connectivity index (χ0n) is 16.7. The molecule has 0 spiro atoms. The number of rotatable bonds is 9. The van der Waals surface area contributed by atoms with Gasteiger partial charge in [-0.15, -0.1) is 0 Å². The average molecular weight is 391 g/mol. The summed E-state index contributed by atoms with van der Waals surface area (Å²) in [5, 5.41) is 0. The van der Waals surface area contributed by atoms with Crippen molar-refractivity contribution in [1.29, 1.82) is 0 Å². The van der Waals surface area contributed by atoms with Crippen LogP contribution in [0.5, 0.6) is 11.5 Å². The number of hydrogen-bond donors (Lipinski definition) is 0. The number of furan rings is 1. The Balaban J connectivity index is 1.70. The van der Waals surface area contributed by atoms with E-state index in [0.717, 1.165) is 16.9 Å². The first-order chi connectivity index (χ1) is 14.2. The third kappa shape index (κ3) is 5.75. The van der Waals surface area contributed by atoms with Crippen LogP contribution < -0.4 is 9.47 Å². The lowest BCUT2D eigenvalue weighted by atomic mass is 10.2. The fourth-order valence-corrected chi connectivity index (χ4v) is 2.96. The summed E-state index contributed by atoms with van der Waals surface area (Å²) < 4.78 is 16.6. The van der Waals surface area contributed by atoms with Crippen LogP contribution in [0, 0.1) is 0 Å². The summed E-state index contributed by atoms with van der Waals surface area (Å²) in [6.07, 6.45) is 5.53. The lowest BCUT2D eigenvalue weighted by Gasteiger charge is -2.22. The van der Waals surface area contributed by atoms with Gasteiger partial charge in [0.15, 0.2) is 18.1 Å². The van der Waals surface area contributed by atoms with E-state index < -0.39 is 0 Å². The first-order valence-electron chi connectivity index (χ1n) is 9.47. The molecule has 0 radical (unpaired) electrons. The fraction of sp³-hybridized carbons (Fsp3) is 0.208. The van der Waals surface area contributed by atoms with Crippen LogP contribution in [0.3, 0.4) is 0 Å². The van der Waals surface area contributed by atoms with Crippen LogP contribution in [0.25, 0.3) is 6.08 Å². The SMILES string of the molecule is C/C=C/c1ccc(OCC(=O)N(Cc2ccccc2)Cc2ccco2)c(OC)c1. The molecule has 1 aromatic heterocycles. The van der Waals surface area contributed by atoms with Crippen molar-refractivity contribution in [2.24, 2.45) is 0 Å². The second-order valence-corrected chi connectivity index (χ2v) is 6.51. The van der Waals surface area contributed by atoms with Gasteiger partial charge >= 0.3 is 0 Å². The predicted molar refractivity (Wildman–Crippen MR) is 113 cm³/mol. The number of nitrogens with zero attached hydrogens (tertiary/aromatic N) is 1. The van der Waals surface area contributed by atoms with E-state index in [1.54, 1.807) is 18.3 Å². The van der Waals surface area contributed by atoms with Crippen molar-refractivity contribution >= 4 is 12.0 Å². The summed E-state index contributed by atoms with van der Waals surface area (Å²) >= 11 is 0. The number of carbonyl (C=O) groups is 1. The minimum Gasteiger partial charge on any atom is -0.493 e. The Morgan fingerprint density at radius 2 is 1.86 bits per heavy atom. The van der Waals surface area contributed by atoms with Gasteiger partial charge in [0.1, 0.15) is 5.76 Å². The number of carbonyl (C=O) groups excluding carboxylic acids is 1. The molecule has 29 heavy (non-hydrogen) atoms. The lowest BCUT2D eigenvalue weighted by molar-refractivity contribution is -0.134. The van der Waals surface area contributed by atoms with Gasteiger partial charge in [-0.05, 0) is 42.3 Å². The van der Waals surface area contributed by atoms with Crippen LogP contribution in [-0.2, 0) is 17.9 Å². The Bertz CT molecular complexity index is 933. The molecule has 0 saturated carbocycles. The monoisotopic (exact) mass is 391 g/mol. The molecule has 0 aliphatic rings. The molecule has 0 fully saturated rings. The van der Waals surface area contributed by atoms with Crippen molar-refractivity contribution in [3.05, 3.63) is 89.9 Å². The Morgan fingerprint density at radius 1 is 1.03 bits per heavy atom. The molecule has 5 nitrogen and oxygen atoms in total. The van der Waals surface area contributed by atoms with Gasteiger partial charge in [-0.1, -0.05) is 48.6 Å². The molecule has 0 aliphatic heterocycles. The molecule has 0 saturated heterocycles. The highest BCUT2D eigenvalue weighted by atomic mass is 16.5. The summed E-state index contributed by atoms with van der Waals surface area (Å²) in [6.45, 7) is 2.71. The first kappa shape index (κ1) is 20.3. The van der Waals surface area contributed by atoms with Crippen molar-refractivity contribution in [1.82, 2.24) is 4.90 Å². The highest BCUT2D eigenvalue weighted by Crippen LogP contribution is 2.28. The molecule has 0 unspecified atom stereocenters. The number of ether oxygens (including phenoxy) is 2. The second-order valence-electron chi connectivity index (χ2n) is 6.51. The summed E-state index contributed by atoms with van der Waals surface area (Å²) in [5.41, 5.74) is 2.05. The maximum absolute atomic E-state index is 12.9. The van der Waals surface area contributed by atoms with Gasteiger partial charge < -0.3 is 18.8 Å². The van der Waals surface area contributed by atoms with Crippen LogP contribution in [0.2, 0.25) is 0 Å². The Kier molecular flexibility index (Phi) is 7.11. The zero-order valence-corrected chi connectivity index (χ0v) is 16.7. The molecule has 2 aromatic carbocycles. The second kappa shape index (κ2) is 10.2. The van der Waals surface area contributed by atoms with Crippen LogP contribution in [0.1, 0.15) is 23.8 Å². The van der Waals surface area contributed by atoms with Crippen LogP contribution in [0.15, 0.2) is 77.4 Å². The van der Waals surface area contributed by atoms with Crippen LogP contribution in [-0.4, -0.2) is 24.5 Å². The highest BCUT2D eigenvalue weighted by molar-refractivity contribution is 5.78. The van der Waals surface area contributed by atoms with Gasteiger partial charge in [-0.2, -0.15) is 0 Å². The van der Waals surface area contributed by atoms with Crippen molar-refractivity contribution in [3.63, 3.8) is 0 Å². The van der Waals surface area contributed by atoms with Crippen LogP contribution >= 0.6 is 0 Å². The van der Waals surface area contributed by atoms with Crippen molar-refractivity contribution in [3.8, 4) is 11.5 Å². The number of benzene rings is 2. The van der Waals surface area contributed by atoms with Gasteiger partial charge in [0, 0.05) is 6.54 Å². The summed E-state index contributed by atoms with van der Waals surface area (Å²) in [6, 6.07) is 19.1. The van der Waals surface area contributed by atoms with Gasteiger partial charge in [0.2, 0.25) is 0 Å². The van der Waals surface area contributed by atoms with Gasteiger partial charge in [-0.25, -0.2) is 0 Å². The van der Waals surface area contributed by atoms with Crippen molar-refractivity contribution in [2.45, 2.75) is 20.0 Å². The minimum absolute atomic E-state index is 0.0904. The van der Waals surface area contributed by atoms with E-state index in [1.807, 2.05) is 79.7 Å². The number of allylic oxidation sites excluding steroid dienone is 1. The molecule has 0 bridgehead atoms. The van der Waals surface area contributed by atoms with E-state index in [-0.39, 0.29) is 12.5 Å². The maximum Gasteiger partial charge on any atom is 0.261 e. The van der Waals surface area contributed by atoms with E-state index in [1.165, 1.54) is 0 Å². The molecule has 0 atom stereocenters. The molecular formula is C24H25NO4. The zero-order chi connectivity index (χ0) is 20.5. The normalized spacial score (nSPS) is 10.8. The Hall–Kier alpha value is -3.47. The smallest absolute Gasteiger partial charge is 0.261 e. The van der Waals surface area contributed by atoms with E-state index in [2.05, 4.69) is 0 Å². The molecular weight excluding hydrogens is 366 g/mol. The van der Waals surface area contributed by atoms with E-state index in [0.29, 0.717) is 24.6 Å². The topological polar surface area (TPSA) is 51.9 Å². The number of hydrogen-bond acceptors (Lipinski definition) is 4. The van der Waals surface area contributed by atoms with E-state index >= 15 is 0 Å². The molecule has 150 valence electrons. The molecule has 3 aromatic rings. The lowest BCUT2D eigenvalue weighted by Crippen LogP contribution is -2.34. The van der Waals surface area contributed by atoms with Gasteiger partial charge in [0.25, 0.3) is 5.91 Å². The van der Waals surface area contributed by atoms with Gasteiger partial charge in [-0.3, -0.25) is 4.79 Å². The Labute approximate surface area is 171 Å². The Morgan fingerprint density at radius 3 is 2.55 bits per heavy atom. The molecule has 3 rings (SSSR count).